The van der Waals surface area contributed by atoms with Crippen molar-refractivity contribution in [2.45, 2.75) is 26.7 Å². The molecule has 5 nitrogen and oxygen atoms in total. The van der Waals surface area contributed by atoms with Crippen LogP contribution in [0.3, 0.4) is 0 Å². The van der Waals surface area contributed by atoms with Crippen LogP contribution in [0.25, 0.3) is 0 Å². The highest BCUT2D eigenvalue weighted by Gasteiger charge is 2.29. The third-order valence-electron chi connectivity index (χ3n) is 5.50. The normalized spacial score (nSPS) is 18.5. The quantitative estimate of drug-likeness (QED) is 0.794. The van der Waals surface area contributed by atoms with Crippen LogP contribution in [0, 0.1) is 5.92 Å². The molecule has 0 atom stereocenters. The van der Waals surface area contributed by atoms with Gasteiger partial charge in [0, 0.05) is 45.2 Å². The maximum atomic E-state index is 12.9. The van der Waals surface area contributed by atoms with Crippen LogP contribution in [0.2, 0.25) is 0 Å². The number of nitrogens with zero attached hydrogens (tertiary/aromatic N) is 3. The predicted octanol–water partition coefficient (Wildman–Crippen LogP) is 2.61. The maximum Gasteiger partial charge on any atom is 0.230 e. The molecule has 0 saturated carbocycles. The first-order valence-corrected chi connectivity index (χ1v) is 9.70. The van der Waals surface area contributed by atoms with Crippen LogP contribution in [0.1, 0.15) is 26.7 Å². The number of morpholine rings is 1. The van der Waals surface area contributed by atoms with Crippen molar-refractivity contribution >= 4 is 17.3 Å². The number of para-hydroxylation sites is 2. The molecular formula is C20H31N3O2. The van der Waals surface area contributed by atoms with E-state index in [1.807, 2.05) is 11.0 Å². The Morgan fingerprint density at radius 3 is 2.36 bits per heavy atom. The number of benzene rings is 1. The third-order valence-corrected chi connectivity index (χ3v) is 5.50. The first kappa shape index (κ1) is 18.2. The van der Waals surface area contributed by atoms with Crippen molar-refractivity contribution in [1.29, 1.82) is 0 Å². The van der Waals surface area contributed by atoms with Crippen molar-refractivity contribution in [1.82, 2.24) is 4.90 Å². The lowest BCUT2D eigenvalue weighted by Crippen LogP contribution is -2.48. The Morgan fingerprint density at radius 1 is 1.00 bits per heavy atom. The monoisotopic (exact) mass is 345 g/mol. The molecule has 1 aromatic rings. The zero-order valence-corrected chi connectivity index (χ0v) is 15.6. The molecule has 0 spiro atoms. The van der Waals surface area contributed by atoms with Gasteiger partial charge in [-0.1, -0.05) is 26.0 Å². The number of anilines is 2. The smallest absolute Gasteiger partial charge is 0.230 e. The summed E-state index contributed by atoms with van der Waals surface area (Å²) in [6, 6.07) is 8.36. The van der Waals surface area contributed by atoms with E-state index in [4.69, 9.17) is 4.74 Å². The largest absolute Gasteiger partial charge is 0.379 e. The van der Waals surface area contributed by atoms with E-state index in [-0.39, 0.29) is 11.8 Å². The standard InChI is InChI=1S/C20H31N3O2/c1-3-17(4-2)20(24)23-12-11-22(18-7-5-6-8-19(18)23)10-9-21-13-15-25-16-14-21/h5-8,17H,3-4,9-16H2,1-2H3. The summed E-state index contributed by atoms with van der Waals surface area (Å²) < 4.78 is 5.43. The van der Waals surface area contributed by atoms with Crippen LogP contribution < -0.4 is 9.80 Å². The predicted molar refractivity (Wildman–Crippen MR) is 102 cm³/mol. The number of carbonyl (C=O) groups excluding carboxylic acids is 1. The van der Waals surface area contributed by atoms with Gasteiger partial charge >= 0.3 is 0 Å². The fourth-order valence-electron chi connectivity index (χ4n) is 3.83. The lowest BCUT2D eigenvalue weighted by molar-refractivity contribution is -0.122. The molecule has 3 rings (SSSR count). The molecular weight excluding hydrogens is 314 g/mol. The van der Waals surface area contributed by atoms with Crippen molar-refractivity contribution in [3.05, 3.63) is 24.3 Å². The number of carbonyl (C=O) groups is 1. The minimum Gasteiger partial charge on any atom is -0.379 e. The summed E-state index contributed by atoms with van der Waals surface area (Å²) in [4.78, 5) is 19.8. The second-order valence-corrected chi connectivity index (χ2v) is 6.93. The molecule has 5 heteroatoms. The van der Waals surface area contributed by atoms with Crippen molar-refractivity contribution in [3.63, 3.8) is 0 Å². The summed E-state index contributed by atoms with van der Waals surface area (Å²) >= 11 is 0. The molecule has 2 aliphatic rings. The van der Waals surface area contributed by atoms with Gasteiger partial charge in [0.15, 0.2) is 0 Å². The lowest BCUT2D eigenvalue weighted by Gasteiger charge is -2.40. The molecule has 2 heterocycles. The first-order valence-electron chi connectivity index (χ1n) is 9.70. The first-order chi connectivity index (χ1) is 12.2. The van der Waals surface area contributed by atoms with Crippen LogP contribution in [-0.4, -0.2) is 63.3 Å². The molecule has 2 aliphatic heterocycles. The zero-order valence-electron chi connectivity index (χ0n) is 15.6. The topological polar surface area (TPSA) is 36.0 Å². The number of fused-ring (bicyclic) bond motifs is 1. The SMILES string of the molecule is CCC(CC)C(=O)N1CCN(CCN2CCOCC2)c2ccccc21. The highest BCUT2D eigenvalue weighted by atomic mass is 16.5. The fourth-order valence-corrected chi connectivity index (χ4v) is 3.83. The molecule has 1 fully saturated rings. The van der Waals surface area contributed by atoms with Crippen molar-refractivity contribution < 1.29 is 9.53 Å². The molecule has 0 bridgehead atoms. The number of rotatable bonds is 6. The summed E-state index contributed by atoms with van der Waals surface area (Å²) in [7, 11) is 0. The van der Waals surface area contributed by atoms with E-state index >= 15 is 0 Å². The number of ether oxygens (including phenoxy) is 1. The molecule has 1 aromatic carbocycles. The van der Waals surface area contributed by atoms with E-state index in [0.29, 0.717) is 0 Å². The summed E-state index contributed by atoms with van der Waals surface area (Å²) in [5, 5.41) is 0. The summed E-state index contributed by atoms with van der Waals surface area (Å²) in [5.41, 5.74) is 2.27. The van der Waals surface area contributed by atoms with Gasteiger partial charge in [0.2, 0.25) is 5.91 Å². The van der Waals surface area contributed by atoms with Gasteiger partial charge in [0.1, 0.15) is 0 Å². The van der Waals surface area contributed by atoms with E-state index in [1.165, 1.54) is 5.69 Å². The summed E-state index contributed by atoms with van der Waals surface area (Å²) in [6.45, 7) is 11.7. The van der Waals surface area contributed by atoms with Gasteiger partial charge in [0.25, 0.3) is 0 Å². The Bertz CT molecular complexity index is 568. The molecule has 0 N–H and O–H groups in total. The number of amides is 1. The Balaban J connectivity index is 1.71. The Hall–Kier alpha value is -1.59. The molecule has 1 saturated heterocycles. The molecule has 0 aromatic heterocycles. The molecule has 138 valence electrons. The molecule has 1 amide bonds. The van der Waals surface area contributed by atoms with Crippen LogP contribution in [0.4, 0.5) is 11.4 Å². The molecule has 25 heavy (non-hydrogen) atoms. The van der Waals surface area contributed by atoms with Gasteiger partial charge in [0.05, 0.1) is 24.6 Å². The minimum atomic E-state index is 0.132. The maximum absolute atomic E-state index is 12.9. The summed E-state index contributed by atoms with van der Waals surface area (Å²) in [5.74, 6) is 0.415. The molecule has 0 radical (unpaired) electrons. The van der Waals surface area contributed by atoms with Gasteiger partial charge in [-0.05, 0) is 25.0 Å². The minimum absolute atomic E-state index is 0.132. The Kier molecular flexibility index (Phi) is 6.32. The van der Waals surface area contributed by atoms with Crippen LogP contribution in [0.5, 0.6) is 0 Å². The molecule has 0 unspecified atom stereocenters. The highest BCUT2D eigenvalue weighted by molar-refractivity contribution is 5.99. The Labute approximate surface area is 151 Å². The van der Waals surface area contributed by atoms with Crippen LogP contribution >= 0.6 is 0 Å². The van der Waals surface area contributed by atoms with Crippen LogP contribution in [0.15, 0.2) is 24.3 Å². The third kappa shape index (κ3) is 4.15. The summed E-state index contributed by atoms with van der Waals surface area (Å²) in [6.07, 6.45) is 1.82. The average molecular weight is 345 g/mol. The number of hydrogen-bond acceptors (Lipinski definition) is 4. The van der Waals surface area contributed by atoms with Gasteiger partial charge in [-0.3, -0.25) is 9.69 Å². The van der Waals surface area contributed by atoms with E-state index in [9.17, 15) is 4.79 Å². The van der Waals surface area contributed by atoms with Gasteiger partial charge < -0.3 is 14.5 Å². The van der Waals surface area contributed by atoms with Crippen LogP contribution in [-0.2, 0) is 9.53 Å². The van der Waals surface area contributed by atoms with Crippen molar-refractivity contribution in [2.75, 3.05) is 62.3 Å². The average Bonchev–Trinajstić information content (AvgIpc) is 2.67. The Morgan fingerprint density at radius 2 is 1.68 bits per heavy atom. The van der Waals surface area contributed by atoms with E-state index < -0.39 is 0 Å². The van der Waals surface area contributed by atoms with E-state index in [0.717, 1.165) is 71.0 Å². The lowest BCUT2D eigenvalue weighted by atomic mass is 10.0. The van der Waals surface area contributed by atoms with Gasteiger partial charge in [-0.25, -0.2) is 0 Å². The zero-order chi connectivity index (χ0) is 17.6. The van der Waals surface area contributed by atoms with E-state index in [1.54, 1.807) is 0 Å². The number of hydrogen-bond donors (Lipinski definition) is 0. The van der Waals surface area contributed by atoms with Crippen molar-refractivity contribution in [2.24, 2.45) is 5.92 Å². The second-order valence-electron chi connectivity index (χ2n) is 6.93. The van der Waals surface area contributed by atoms with Gasteiger partial charge in [-0.2, -0.15) is 0 Å². The highest BCUT2D eigenvalue weighted by Crippen LogP contribution is 2.34. The molecule has 0 aliphatic carbocycles. The van der Waals surface area contributed by atoms with E-state index in [2.05, 4.69) is 41.8 Å². The van der Waals surface area contributed by atoms with Gasteiger partial charge in [-0.15, -0.1) is 0 Å². The second kappa shape index (κ2) is 8.68. The fraction of sp³-hybridized carbons (Fsp3) is 0.650. The van der Waals surface area contributed by atoms with Crippen molar-refractivity contribution in [3.8, 4) is 0 Å².